The van der Waals surface area contributed by atoms with Gasteiger partial charge in [0.2, 0.25) is 0 Å². The van der Waals surface area contributed by atoms with E-state index in [1.165, 1.54) is 24.4 Å². The Hall–Kier alpha value is -3.94. The highest BCUT2D eigenvalue weighted by Gasteiger charge is 2.11. The van der Waals surface area contributed by atoms with Gasteiger partial charge in [-0.05, 0) is 60.2 Å². The molecule has 34 heavy (non-hydrogen) atoms. The van der Waals surface area contributed by atoms with Crippen LogP contribution in [-0.4, -0.2) is 29.7 Å². The minimum Gasteiger partial charge on any atom is -0.481 e. The van der Waals surface area contributed by atoms with Gasteiger partial charge >= 0.3 is 5.97 Å². The molecular weight excluding hydrogens is 477 g/mol. The Kier molecular flexibility index (Phi) is 7.37. The molecule has 7 nitrogen and oxygen atoms in total. The van der Waals surface area contributed by atoms with Crippen molar-refractivity contribution in [3.63, 3.8) is 0 Å². The molecule has 0 unspecified atom stereocenters. The van der Waals surface area contributed by atoms with Gasteiger partial charge in [0.15, 0.2) is 6.61 Å². The van der Waals surface area contributed by atoms with Gasteiger partial charge in [-0.3, -0.25) is 9.78 Å². The summed E-state index contributed by atoms with van der Waals surface area (Å²) in [5, 5.41) is 5.46. The van der Waals surface area contributed by atoms with Crippen molar-refractivity contribution in [1.29, 1.82) is 0 Å². The van der Waals surface area contributed by atoms with Crippen LogP contribution in [0, 0.1) is 0 Å². The number of hydrogen-bond acceptors (Lipinski definition) is 6. The molecule has 0 atom stereocenters. The summed E-state index contributed by atoms with van der Waals surface area (Å²) >= 11 is 11.8. The van der Waals surface area contributed by atoms with E-state index in [0.29, 0.717) is 27.6 Å². The number of rotatable bonds is 7. The number of para-hydroxylation sites is 1. The van der Waals surface area contributed by atoms with Crippen LogP contribution in [0.25, 0.3) is 10.9 Å². The van der Waals surface area contributed by atoms with Crippen LogP contribution >= 0.6 is 23.2 Å². The molecule has 1 heterocycles. The lowest BCUT2D eigenvalue weighted by molar-refractivity contribution is -0.123. The van der Waals surface area contributed by atoms with Gasteiger partial charge in [-0.25, -0.2) is 10.2 Å². The maximum atomic E-state index is 12.2. The number of esters is 1. The molecule has 0 saturated heterocycles. The van der Waals surface area contributed by atoms with Crippen LogP contribution in [0.15, 0.2) is 84.1 Å². The molecule has 0 saturated carbocycles. The Morgan fingerprint density at radius 3 is 2.56 bits per heavy atom. The Labute approximate surface area is 204 Å². The molecule has 0 radical (unpaired) electrons. The van der Waals surface area contributed by atoms with Crippen molar-refractivity contribution in [2.24, 2.45) is 5.10 Å². The largest absolute Gasteiger partial charge is 0.481 e. The Balaban J connectivity index is 1.28. The van der Waals surface area contributed by atoms with E-state index in [9.17, 15) is 9.59 Å². The third kappa shape index (κ3) is 5.89. The van der Waals surface area contributed by atoms with Crippen molar-refractivity contribution in [1.82, 2.24) is 10.4 Å². The van der Waals surface area contributed by atoms with E-state index in [4.69, 9.17) is 32.7 Å². The maximum absolute atomic E-state index is 12.2. The quantitative estimate of drug-likeness (QED) is 0.163. The van der Waals surface area contributed by atoms with Gasteiger partial charge in [0.1, 0.15) is 17.0 Å². The molecule has 0 aliphatic heterocycles. The first-order chi connectivity index (χ1) is 16.5. The fourth-order valence-corrected chi connectivity index (χ4v) is 3.26. The Morgan fingerprint density at radius 1 is 0.971 bits per heavy atom. The number of halogens is 2. The van der Waals surface area contributed by atoms with Crippen molar-refractivity contribution in [3.8, 4) is 11.5 Å². The number of ether oxygens (including phenoxy) is 2. The highest BCUT2D eigenvalue weighted by Crippen LogP contribution is 2.24. The normalized spacial score (nSPS) is 10.9. The minimum atomic E-state index is -0.561. The van der Waals surface area contributed by atoms with E-state index in [-0.39, 0.29) is 17.2 Å². The number of fused-ring (bicyclic) bond motifs is 1. The lowest BCUT2D eigenvalue weighted by Gasteiger charge is -2.07. The second-order valence-corrected chi connectivity index (χ2v) is 7.81. The van der Waals surface area contributed by atoms with Gasteiger partial charge in [-0.1, -0.05) is 41.4 Å². The first-order valence-electron chi connectivity index (χ1n) is 10.1. The molecule has 0 fully saturated rings. The lowest BCUT2D eigenvalue weighted by atomic mass is 10.2. The molecule has 0 bridgehead atoms. The van der Waals surface area contributed by atoms with Crippen molar-refractivity contribution >= 4 is 52.2 Å². The fraction of sp³-hybridized carbons (Fsp3) is 0.0400. The standard InChI is InChI=1S/C25H17Cl2N3O4/c26-20-11-8-18(13-21(20)27)25(32)34-19-9-6-16(7-10-19)14-29-30-23(31)15-33-22-5-1-3-17-4-2-12-28-24(17)22/h1-14H,15H2,(H,30,31)/b29-14-. The van der Waals surface area contributed by atoms with Gasteiger partial charge in [-0.2, -0.15) is 5.10 Å². The molecule has 4 aromatic rings. The summed E-state index contributed by atoms with van der Waals surface area (Å²) in [5.41, 5.74) is 4.06. The van der Waals surface area contributed by atoms with E-state index in [1.807, 2.05) is 24.3 Å². The van der Waals surface area contributed by atoms with E-state index >= 15 is 0 Å². The van der Waals surface area contributed by atoms with Crippen LogP contribution in [0.3, 0.4) is 0 Å². The number of nitrogens with zero attached hydrogens (tertiary/aromatic N) is 2. The average molecular weight is 494 g/mol. The topological polar surface area (TPSA) is 89.9 Å². The number of nitrogens with one attached hydrogen (secondary N) is 1. The Morgan fingerprint density at radius 2 is 1.76 bits per heavy atom. The lowest BCUT2D eigenvalue weighted by Crippen LogP contribution is -2.24. The van der Waals surface area contributed by atoms with E-state index in [0.717, 1.165) is 5.39 Å². The molecule has 1 aromatic heterocycles. The highest BCUT2D eigenvalue weighted by atomic mass is 35.5. The van der Waals surface area contributed by atoms with Gasteiger partial charge in [0.05, 0.1) is 21.8 Å². The predicted molar refractivity (Wildman–Crippen MR) is 131 cm³/mol. The molecule has 9 heteroatoms. The van der Waals surface area contributed by atoms with Crippen molar-refractivity contribution in [2.45, 2.75) is 0 Å². The van der Waals surface area contributed by atoms with Crippen LogP contribution in [0.1, 0.15) is 15.9 Å². The molecular formula is C25H17Cl2N3O4. The molecule has 0 aliphatic carbocycles. The molecule has 0 aliphatic rings. The first kappa shape index (κ1) is 23.2. The van der Waals surface area contributed by atoms with Gasteiger partial charge in [0.25, 0.3) is 5.91 Å². The second-order valence-electron chi connectivity index (χ2n) is 7.00. The third-order valence-electron chi connectivity index (χ3n) is 4.60. The summed E-state index contributed by atoms with van der Waals surface area (Å²) in [7, 11) is 0. The number of carbonyl (C=O) groups is 2. The van der Waals surface area contributed by atoms with Gasteiger partial charge in [-0.15, -0.1) is 0 Å². The SMILES string of the molecule is O=C(COc1cccc2cccnc12)N/N=C\c1ccc(OC(=O)c2ccc(Cl)c(Cl)c2)cc1. The zero-order valence-electron chi connectivity index (χ0n) is 17.6. The van der Waals surface area contributed by atoms with E-state index < -0.39 is 11.9 Å². The fourth-order valence-electron chi connectivity index (χ4n) is 2.96. The van der Waals surface area contributed by atoms with Crippen LogP contribution < -0.4 is 14.9 Å². The zero-order chi connectivity index (χ0) is 23.9. The summed E-state index contributed by atoms with van der Waals surface area (Å²) in [6.07, 6.45) is 3.13. The number of benzene rings is 3. The monoisotopic (exact) mass is 493 g/mol. The molecule has 1 N–H and O–H groups in total. The molecule has 0 spiro atoms. The number of pyridine rings is 1. The summed E-state index contributed by atoms with van der Waals surface area (Å²) in [6.45, 7) is -0.212. The number of amides is 1. The average Bonchev–Trinajstić information content (AvgIpc) is 2.85. The van der Waals surface area contributed by atoms with E-state index in [1.54, 1.807) is 36.5 Å². The van der Waals surface area contributed by atoms with Crippen molar-refractivity contribution < 1.29 is 19.1 Å². The summed E-state index contributed by atoms with van der Waals surface area (Å²) in [4.78, 5) is 28.6. The molecule has 4 rings (SSSR count). The molecule has 1 amide bonds. The summed E-state index contributed by atoms with van der Waals surface area (Å²) < 4.78 is 10.9. The maximum Gasteiger partial charge on any atom is 0.343 e. The third-order valence-corrected chi connectivity index (χ3v) is 5.34. The number of aromatic nitrogens is 1. The Bertz CT molecular complexity index is 1370. The minimum absolute atomic E-state index is 0.212. The number of hydrazone groups is 1. The summed E-state index contributed by atoms with van der Waals surface area (Å²) in [5.74, 6) is -0.123. The van der Waals surface area contributed by atoms with Crippen LogP contribution in [0.4, 0.5) is 0 Å². The molecule has 170 valence electrons. The van der Waals surface area contributed by atoms with Crippen molar-refractivity contribution in [2.75, 3.05) is 6.61 Å². The number of carbonyl (C=O) groups excluding carboxylic acids is 2. The van der Waals surface area contributed by atoms with Crippen LogP contribution in [0.2, 0.25) is 10.0 Å². The zero-order valence-corrected chi connectivity index (χ0v) is 19.1. The summed E-state index contributed by atoms with van der Waals surface area (Å²) in [6, 6.07) is 20.3. The van der Waals surface area contributed by atoms with Gasteiger partial charge in [0, 0.05) is 11.6 Å². The molecule has 3 aromatic carbocycles. The predicted octanol–water partition coefficient (Wildman–Crippen LogP) is 5.29. The highest BCUT2D eigenvalue weighted by molar-refractivity contribution is 6.42. The van der Waals surface area contributed by atoms with E-state index in [2.05, 4.69) is 15.5 Å². The first-order valence-corrected chi connectivity index (χ1v) is 10.8. The van der Waals surface area contributed by atoms with Crippen molar-refractivity contribution in [3.05, 3.63) is 100 Å². The second kappa shape index (κ2) is 10.8. The smallest absolute Gasteiger partial charge is 0.343 e. The van der Waals surface area contributed by atoms with Gasteiger partial charge < -0.3 is 9.47 Å². The van der Waals surface area contributed by atoms with Crippen LogP contribution in [-0.2, 0) is 4.79 Å². The van der Waals surface area contributed by atoms with Crippen LogP contribution in [0.5, 0.6) is 11.5 Å². The number of hydrogen-bond donors (Lipinski definition) is 1.